The van der Waals surface area contributed by atoms with E-state index in [1.165, 1.54) is 0 Å². The molecular weight excluding hydrogens is 278 g/mol. The third-order valence-electron chi connectivity index (χ3n) is 3.38. The van der Waals surface area contributed by atoms with Gasteiger partial charge in [0.1, 0.15) is 5.75 Å². The Balaban J connectivity index is 1.75. The lowest BCUT2D eigenvalue weighted by atomic mass is 10.1. The zero-order valence-electron chi connectivity index (χ0n) is 12.0. The number of nitrogens with one attached hydrogen (secondary N) is 2. The molecule has 0 atom stereocenters. The van der Waals surface area contributed by atoms with Crippen molar-refractivity contribution in [1.82, 2.24) is 4.98 Å². The summed E-state index contributed by atoms with van der Waals surface area (Å²) in [6.45, 7) is 0.576. The first-order valence-corrected chi connectivity index (χ1v) is 7.10. The molecule has 0 aliphatic heterocycles. The quantitative estimate of drug-likeness (QED) is 0.691. The van der Waals surface area contributed by atoms with E-state index in [9.17, 15) is 4.79 Å². The summed E-state index contributed by atoms with van der Waals surface area (Å²) in [5, 5.41) is 3.71. The van der Waals surface area contributed by atoms with E-state index in [2.05, 4.69) is 10.3 Å². The second-order valence-electron chi connectivity index (χ2n) is 4.94. The Kier molecular flexibility index (Phi) is 4.07. The number of nitrogens with two attached hydrogens (primary N) is 1. The SMILES string of the molecule is NCCc1c[nH]c2ccc(OC(=O)Nc3ccccc3)cc12. The average Bonchev–Trinajstić information content (AvgIpc) is 2.91. The maximum absolute atomic E-state index is 11.9. The largest absolute Gasteiger partial charge is 0.417 e. The molecule has 0 saturated heterocycles. The first-order valence-electron chi connectivity index (χ1n) is 7.10. The highest BCUT2D eigenvalue weighted by atomic mass is 16.6. The van der Waals surface area contributed by atoms with Gasteiger partial charge in [0.15, 0.2) is 0 Å². The molecule has 1 amide bonds. The van der Waals surface area contributed by atoms with Crippen LogP contribution in [0.3, 0.4) is 0 Å². The van der Waals surface area contributed by atoms with Crippen LogP contribution in [0.1, 0.15) is 5.56 Å². The lowest BCUT2D eigenvalue weighted by Gasteiger charge is -2.07. The highest BCUT2D eigenvalue weighted by Crippen LogP contribution is 2.24. The molecule has 0 saturated carbocycles. The van der Waals surface area contributed by atoms with E-state index in [0.717, 1.165) is 22.9 Å². The molecule has 0 aliphatic rings. The van der Waals surface area contributed by atoms with Gasteiger partial charge in [-0.25, -0.2) is 4.79 Å². The fourth-order valence-corrected chi connectivity index (χ4v) is 2.36. The number of hydrogen-bond donors (Lipinski definition) is 3. The number of amides is 1. The van der Waals surface area contributed by atoms with Crippen LogP contribution in [0.15, 0.2) is 54.7 Å². The third kappa shape index (κ3) is 3.10. The van der Waals surface area contributed by atoms with E-state index in [-0.39, 0.29) is 0 Å². The summed E-state index contributed by atoms with van der Waals surface area (Å²) in [5.41, 5.74) is 8.42. The summed E-state index contributed by atoms with van der Waals surface area (Å²) in [6, 6.07) is 14.7. The van der Waals surface area contributed by atoms with Gasteiger partial charge in [0.2, 0.25) is 0 Å². The van der Waals surface area contributed by atoms with Crippen LogP contribution in [0.25, 0.3) is 10.9 Å². The molecule has 1 heterocycles. The van der Waals surface area contributed by atoms with Gasteiger partial charge in [-0.2, -0.15) is 0 Å². The van der Waals surface area contributed by atoms with Gasteiger partial charge in [-0.05, 0) is 48.9 Å². The third-order valence-corrected chi connectivity index (χ3v) is 3.38. The van der Waals surface area contributed by atoms with Crippen LogP contribution >= 0.6 is 0 Å². The Hall–Kier alpha value is -2.79. The number of benzene rings is 2. The van der Waals surface area contributed by atoms with E-state index >= 15 is 0 Å². The molecule has 3 rings (SSSR count). The Morgan fingerprint density at radius 3 is 2.77 bits per heavy atom. The van der Waals surface area contributed by atoms with Crippen molar-refractivity contribution in [3.05, 3.63) is 60.3 Å². The van der Waals surface area contributed by atoms with Crippen molar-refractivity contribution in [2.75, 3.05) is 11.9 Å². The minimum Gasteiger partial charge on any atom is -0.410 e. The van der Waals surface area contributed by atoms with Gasteiger partial charge in [-0.3, -0.25) is 5.32 Å². The van der Waals surface area contributed by atoms with Crippen molar-refractivity contribution in [2.24, 2.45) is 5.73 Å². The fraction of sp³-hybridized carbons (Fsp3) is 0.118. The number of anilines is 1. The topological polar surface area (TPSA) is 80.1 Å². The van der Waals surface area contributed by atoms with Crippen molar-refractivity contribution < 1.29 is 9.53 Å². The Morgan fingerprint density at radius 2 is 2.00 bits per heavy atom. The molecule has 5 nitrogen and oxygen atoms in total. The number of carbonyl (C=O) groups excluding carboxylic acids is 1. The van der Waals surface area contributed by atoms with Gasteiger partial charge in [-0.15, -0.1) is 0 Å². The van der Waals surface area contributed by atoms with Crippen LogP contribution in [-0.2, 0) is 6.42 Å². The second-order valence-corrected chi connectivity index (χ2v) is 4.94. The molecule has 4 N–H and O–H groups in total. The van der Waals surface area contributed by atoms with E-state index in [1.807, 2.05) is 36.5 Å². The molecule has 0 radical (unpaired) electrons. The van der Waals surface area contributed by atoms with Gasteiger partial charge in [0.05, 0.1) is 0 Å². The van der Waals surface area contributed by atoms with Crippen LogP contribution in [0.2, 0.25) is 0 Å². The lowest BCUT2D eigenvalue weighted by molar-refractivity contribution is 0.215. The van der Waals surface area contributed by atoms with E-state index < -0.39 is 6.09 Å². The van der Waals surface area contributed by atoms with Crippen LogP contribution in [-0.4, -0.2) is 17.6 Å². The molecule has 0 unspecified atom stereocenters. The van der Waals surface area contributed by atoms with E-state index in [1.54, 1.807) is 18.2 Å². The summed E-state index contributed by atoms with van der Waals surface area (Å²) in [5.74, 6) is 0.499. The molecule has 1 aromatic heterocycles. The smallest absolute Gasteiger partial charge is 0.410 e. The van der Waals surface area contributed by atoms with Gasteiger partial charge >= 0.3 is 6.09 Å². The normalized spacial score (nSPS) is 10.6. The van der Waals surface area contributed by atoms with E-state index in [4.69, 9.17) is 10.5 Å². The van der Waals surface area contributed by atoms with Crippen LogP contribution in [0.5, 0.6) is 5.75 Å². The summed E-state index contributed by atoms with van der Waals surface area (Å²) in [4.78, 5) is 15.1. The lowest BCUT2D eigenvalue weighted by Crippen LogP contribution is -2.16. The van der Waals surface area contributed by atoms with Crippen molar-refractivity contribution in [1.29, 1.82) is 0 Å². The van der Waals surface area contributed by atoms with Crippen molar-refractivity contribution in [2.45, 2.75) is 6.42 Å². The minimum atomic E-state index is -0.513. The zero-order valence-corrected chi connectivity index (χ0v) is 12.0. The molecule has 0 aliphatic carbocycles. The average molecular weight is 295 g/mol. The monoisotopic (exact) mass is 295 g/mol. The minimum absolute atomic E-state index is 0.499. The standard InChI is InChI=1S/C17H17N3O2/c18-9-8-12-11-19-16-7-6-14(10-15(12)16)22-17(21)20-13-4-2-1-3-5-13/h1-7,10-11,19H,8-9,18H2,(H,20,21). The summed E-state index contributed by atoms with van der Waals surface area (Å²) < 4.78 is 5.33. The fourth-order valence-electron chi connectivity index (χ4n) is 2.36. The summed E-state index contributed by atoms with van der Waals surface area (Å²) >= 11 is 0. The number of hydrogen-bond acceptors (Lipinski definition) is 3. The predicted molar refractivity (Wildman–Crippen MR) is 87.1 cm³/mol. The second kappa shape index (κ2) is 6.32. The van der Waals surface area contributed by atoms with E-state index in [0.29, 0.717) is 18.0 Å². The van der Waals surface area contributed by atoms with Gasteiger partial charge in [-0.1, -0.05) is 18.2 Å². The number of H-pyrrole nitrogens is 1. The maximum atomic E-state index is 11.9. The molecule has 2 aromatic carbocycles. The number of rotatable bonds is 4. The number of carbonyl (C=O) groups is 1. The number of aromatic nitrogens is 1. The van der Waals surface area contributed by atoms with Crippen LogP contribution in [0, 0.1) is 0 Å². The maximum Gasteiger partial charge on any atom is 0.417 e. The molecule has 3 aromatic rings. The Morgan fingerprint density at radius 1 is 1.18 bits per heavy atom. The zero-order chi connectivity index (χ0) is 15.4. The number of aromatic amines is 1. The molecule has 0 bridgehead atoms. The number of fused-ring (bicyclic) bond motifs is 1. The highest BCUT2D eigenvalue weighted by molar-refractivity contribution is 5.88. The first kappa shape index (κ1) is 14.2. The van der Waals surface area contributed by atoms with Crippen LogP contribution in [0.4, 0.5) is 10.5 Å². The Labute approximate surface area is 128 Å². The molecule has 22 heavy (non-hydrogen) atoms. The molecule has 5 heteroatoms. The van der Waals surface area contributed by atoms with Crippen molar-refractivity contribution >= 4 is 22.7 Å². The first-order chi connectivity index (χ1) is 10.8. The molecule has 0 fully saturated rings. The summed E-state index contributed by atoms with van der Waals surface area (Å²) in [7, 11) is 0. The highest BCUT2D eigenvalue weighted by Gasteiger charge is 2.08. The predicted octanol–water partition coefficient (Wildman–Crippen LogP) is 3.28. The van der Waals surface area contributed by atoms with Crippen molar-refractivity contribution in [3.63, 3.8) is 0 Å². The van der Waals surface area contributed by atoms with Crippen LogP contribution < -0.4 is 15.8 Å². The van der Waals surface area contributed by atoms with Gasteiger partial charge in [0, 0.05) is 22.8 Å². The Bertz CT molecular complexity index is 781. The number of para-hydroxylation sites is 1. The molecule has 112 valence electrons. The molecular formula is C17H17N3O2. The van der Waals surface area contributed by atoms with Crippen molar-refractivity contribution in [3.8, 4) is 5.75 Å². The molecule has 0 spiro atoms. The number of ether oxygens (including phenoxy) is 1. The van der Waals surface area contributed by atoms with Gasteiger partial charge < -0.3 is 15.5 Å². The van der Waals surface area contributed by atoms with Gasteiger partial charge in [0.25, 0.3) is 0 Å². The summed E-state index contributed by atoms with van der Waals surface area (Å²) in [6.07, 6.45) is 2.20.